The molecule has 0 amide bonds. The second-order valence-corrected chi connectivity index (χ2v) is 9.63. The van der Waals surface area contributed by atoms with Crippen molar-refractivity contribution in [3.8, 4) is 0 Å². The first-order chi connectivity index (χ1) is 14.7. The van der Waals surface area contributed by atoms with Crippen LogP contribution in [0.3, 0.4) is 0 Å². The fourth-order valence-electron chi connectivity index (χ4n) is 4.99. The third-order valence-electron chi connectivity index (χ3n) is 6.63. The Bertz CT molecular complexity index is 968. The van der Waals surface area contributed by atoms with Gasteiger partial charge in [0.25, 0.3) is 0 Å². The fraction of sp³-hybridized carbons (Fsp3) is 0.522. The van der Waals surface area contributed by atoms with Gasteiger partial charge in [0.15, 0.2) is 5.82 Å². The summed E-state index contributed by atoms with van der Waals surface area (Å²) in [4.78, 5) is 6.44. The lowest BCUT2D eigenvalue weighted by Gasteiger charge is -2.40. The summed E-state index contributed by atoms with van der Waals surface area (Å²) >= 11 is 1.81. The number of piperazine rings is 1. The molecule has 0 unspecified atom stereocenters. The third kappa shape index (κ3) is 3.76. The van der Waals surface area contributed by atoms with Gasteiger partial charge in [-0.1, -0.05) is 31.0 Å². The fourth-order valence-corrected chi connectivity index (χ4v) is 5.84. The molecule has 1 saturated carbocycles. The summed E-state index contributed by atoms with van der Waals surface area (Å²) in [5.41, 5.74) is 4.05. The number of hydrogen-bond donors (Lipinski definition) is 0. The Hall–Kier alpha value is -2.25. The number of tetrazole rings is 1. The van der Waals surface area contributed by atoms with E-state index < -0.39 is 0 Å². The normalized spacial score (nSPS) is 19.5. The van der Waals surface area contributed by atoms with Gasteiger partial charge in [-0.15, -0.1) is 16.4 Å². The van der Waals surface area contributed by atoms with Crippen LogP contribution in [0.2, 0.25) is 0 Å². The van der Waals surface area contributed by atoms with Gasteiger partial charge in [-0.25, -0.2) is 4.68 Å². The zero-order valence-electron chi connectivity index (χ0n) is 17.9. The Morgan fingerprint density at radius 1 is 1.03 bits per heavy atom. The van der Waals surface area contributed by atoms with Crippen molar-refractivity contribution in [1.82, 2.24) is 25.1 Å². The second-order valence-electron chi connectivity index (χ2n) is 8.65. The molecule has 0 spiro atoms. The van der Waals surface area contributed by atoms with Crippen LogP contribution in [0, 0.1) is 13.8 Å². The quantitative estimate of drug-likeness (QED) is 0.611. The average molecular weight is 423 g/mol. The van der Waals surface area contributed by atoms with Crippen molar-refractivity contribution in [2.24, 2.45) is 0 Å². The maximum atomic E-state index is 4.55. The topological polar surface area (TPSA) is 50.1 Å². The van der Waals surface area contributed by atoms with Crippen LogP contribution in [0.15, 0.2) is 35.7 Å². The van der Waals surface area contributed by atoms with Gasteiger partial charge in [0.2, 0.25) is 0 Å². The maximum absolute atomic E-state index is 4.55. The van der Waals surface area contributed by atoms with Crippen LogP contribution >= 0.6 is 11.3 Å². The lowest BCUT2D eigenvalue weighted by Crippen LogP contribution is -2.48. The number of rotatable bonds is 5. The van der Waals surface area contributed by atoms with Gasteiger partial charge in [0.1, 0.15) is 6.04 Å². The van der Waals surface area contributed by atoms with Gasteiger partial charge in [0, 0.05) is 36.7 Å². The van der Waals surface area contributed by atoms with E-state index in [0.29, 0.717) is 6.04 Å². The zero-order valence-corrected chi connectivity index (χ0v) is 18.7. The summed E-state index contributed by atoms with van der Waals surface area (Å²) in [5.74, 6) is 1.02. The number of nitrogens with zero attached hydrogens (tertiary/aromatic N) is 6. The molecule has 2 fully saturated rings. The van der Waals surface area contributed by atoms with Crippen LogP contribution in [0.1, 0.15) is 59.6 Å². The highest BCUT2D eigenvalue weighted by Gasteiger charge is 2.33. The van der Waals surface area contributed by atoms with Crippen molar-refractivity contribution in [2.75, 3.05) is 31.1 Å². The molecule has 0 N–H and O–H groups in total. The molecule has 1 aromatic carbocycles. The molecular weight excluding hydrogens is 392 g/mol. The maximum Gasteiger partial charge on any atom is 0.174 e. The van der Waals surface area contributed by atoms with Gasteiger partial charge < -0.3 is 4.90 Å². The standard InChI is InChI=1S/C23H30N6S/c1-17-9-10-18(2)20(16-17)27-11-13-28(14-12-27)22(21-8-5-15-30-21)23-24-25-26-29(23)19-6-3-4-7-19/h5,8-10,15-16,19,22H,3-4,6-7,11-14H2,1-2H3/t22-/m1/s1. The SMILES string of the molecule is Cc1ccc(C)c(N2CCN([C@H](c3cccs3)c3nnnn3C3CCCC3)CC2)c1. The molecule has 1 atom stereocenters. The van der Waals surface area contributed by atoms with E-state index in [1.165, 1.54) is 47.4 Å². The van der Waals surface area contributed by atoms with Crippen LogP contribution in [0.5, 0.6) is 0 Å². The van der Waals surface area contributed by atoms with Crippen molar-refractivity contribution in [2.45, 2.75) is 51.6 Å². The van der Waals surface area contributed by atoms with Gasteiger partial charge in [-0.05, 0) is 65.8 Å². The molecule has 1 aliphatic heterocycles. The molecular formula is C23H30N6S. The summed E-state index contributed by atoms with van der Waals surface area (Å²) < 4.78 is 2.13. The van der Waals surface area contributed by atoms with Gasteiger partial charge in [-0.3, -0.25) is 4.90 Å². The van der Waals surface area contributed by atoms with Gasteiger partial charge >= 0.3 is 0 Å². The first kappa shape index (κ1) is 19.7. The van der Waals surface area contributed by atoms with E-state index in [2.05, 4.69) is 79.6 Å². The Labute approximate surface area is 182 Å². The Morgan fingerprint density at radius 3 is 2.57 bits per heavy atom. The molecule has 2 aliphatic rings. The molecule has 30 heavy (non-hydrogen) atoms. The number of thiophene rings is 1. The molecule has 6 nitrogen and oxygen atoms in total. The molecule has 1 aliphatic carbocycles. The predicted octanol–water partition coefficient (Wildman–Crippen LogP) is 4.38. The van der Waals surface area contributed by atoms with Gasteiger partial charge in [-0.2, -0.15) is 0 Å². The first-order valence-corrected chi connectivity index (χ1v) is 12.0. The van der Waals surface area contributed by atoms with Crippen molar-refractivity contribution >= 4 is 17.0 Å². The van der Waals surface area contributed by atoms with E-state index in [0.717, 1.165) is 32.0 Å². The summed E-state index contributed by atoms with van der Waals surface area (Å²) in [5, 5.41) is 15.3. The summed E-state index contributed by atoms with van der Waals surface area (Å²) in [6.45, 7) is 8.45. The second kappa shape index (κ2) is 8.47. The number of benzene rings is 1. The van der Waals surface area contributed by atoms with E-state index in [4.69, 9.17) is 0 Å². The molecule has 3 heterocycles. The molecule has 0 radical (unpaired) electrons. The highest BCUT2D eigenvalue weighted by Crippen LogP contribution is 2.36. The number of aryl methyl sites for hydroxylation is 2. The van der Waals surface area contributed by atoms with Crippen molar-refractivity contribution < 1.29 is 0 Å². The third-order valence-corrected chi connectivity index (χ3v) is 7.56. The van der Waals surface area contributed by atoms with Crippen LogP contribution < -0.4 is 4.90 Å². The highest BCUT2D eigenvalue weighted by molar-refractivity contribution is 7.10. The minimum absolute atomic E-state index is 0.140. The van der Waals surface area contributed by atoms with E-state index in [9.17, 15) is 0 Å². The Morgan fingerprint density at radius 2 is 1.83 bits per heavy atom. The van der Waals surface area contributed by atoms with Crippen LogP contribution in [0.4, 0.5) is 5.69 Å². The molecule has 1 saturated heterocycles. The monoisotopic (exact) mass is 422 g/mol. The molecule has 5 rings (SSSR count). The minimum Gasteiger partial charge on any atom is -0.369 e. The molecule has 2 aromatic heterocycles. The van der Waals surface area contributed by atoms with Crippen molar-refractivity contribution in [3.63, 3.8) is 0 Å². The Kier molecular flexibility index (Phi) is 5.56. The predicted molar refractivity (Wildman–Crippen MR) is 121 cm³/mol. The van der Waals surface area contributed by atoms with Crippen LogP contribution in [0.25, 0.3) is 0 Å². The summed E-state index contributed by atoms with van der Waals surface area (Å²) in [7, 11) is 0. The number of anilines is 1. The minimum atomic E-state index is 0.140. The molecule has 3 aromatic rings. The molecule has 158 valence electrons. The van der Waals surface area contributed by atoms with E-state index in [-0.39, 0.29) is 6.04 Å². The number of hydrogen-bond acceptors (Lipinski definition) is 6. The lowest BCUT2D eigenvalue weighted by atomic mass is 10.1. The smallest absolute Gasteiger partial charge is 0.174 e. The molecule has 0 bridgehead atoms. The lowest BCUT2D eigenvalue weighted by molar-refractivity contribution is 0.200. The van der Waals surface area contributed by atoms with Crippen LogP contribution in [-0.4, -0.2) is 51.3 Å². The summed E-state index contributed by atoms with van der Waals surface area (Å²) in [6, 6.07) is 11.7. The van der Waals surface area contributed by atoms with Gasteiger partial charge in [0.05, 0.1) is 6.04 Å². The van der Waals surface area contributed by atoms with E-state index in [1.54, 1.807) is 0 Å². The zero-order chi connectivity index (χ0) is 20.5. The van der Waals surface area contributed by atoms with Crippen molar-refractivity contribution in [1.29, 1.82) is 0 Å². The Balaban J connectivity index is 1.40. The van der Waals surface area contributed by atoms with Crippen molar-refractivity contribution in [3.05, 3.63) is 57.5 Å². The highest BCUT2D eigenvalue weighted by atomic mass is 32.1. The first-order valence-electron chi connectivity index (χ1n) is 11.1. The molecule has 7 heteroatoms. The number of aromatic nitrogens is 4. The van der Waals surface area contributed by atoms with E-state index >= 15 is 0 Å². The largest absolute Gasteiger partial charge is 0.369 e. The summed E-state index contributed by atoms with van der Waals surface area (Å²) in [6.07, 6.45) is 4.94. The van der Waals surface area contributed by atoms with E-state index in [1.807, 2.05) is 11.3 Å². The van der Waals surface area contributed by atoms with Crippen LogP contribution in [-0.2, 0) is 0 Å². The average Bonchev–Trinajstić information content (AvgIpc) is 3.53.